The van der Waals surface area contributed by atoms with Gasteiger partial charge in [-0.25, -0.2) is 4.79 Å². The smallest absolute Gasteiger partial charge is 0.341 e. The van der Waals surface area contributed by atoms with Gasteiger partial charge in [0, 0.05) is 5.39 Å². The molecule has 1 N–H and O–H groups in total. The van der Waals surface area contributed by atoms with Crippen molar-refractivity contribution in [3.05, 3.63) is 40.4 Å². The zero-order valence-corrected chi connectivity index (χ0v) is 10.1. The number of ether oxygens (including phenoxy) is 1. The van der Waals surface area contributed by atoms with Crippen LogP contribution >= 0.6 is 23.2 Å². The molecule has 3 nitrogen and oxygen atoms in total. The Hall–Kier alpha value is -1.45. The lowest BCUT2D eigenvalue weighted by molar-refractivity contribution is -0.139. The van der Waals surface area contributed by atoms with Gasteiger partial charge in [-0.1, -0.05) is 47.5 Å². The van der Waals surface area contributed by atoms with Crippen LogP contribution in [0.5, 0.6) is 5.75 Å². The van der Waals surface area contributed by atoms with Crippen LogP contribution in [0.4, 0.5) is 0 Å². The third kappa shape index (κ3) is 2.46. The van der Waals surface area contributed by atoms with E-state index in [2.05, 4.69) is 0 Å². The van der Waals surface area contributed by atoms with Crippen molar-refractivity contribution in [2.75, 3.05) is 6.61 Å². The molecule has 0 spiro atoms. The average Bonchev–Trinajstić information content (AvgIpc) is 2.28. The van der Waals surface area contributed by atoms with Crippen LogP contribution in [0.15, 0.2) is 30.3 Å². The van der Waals surface area contributed by atoms with Crippen LogP contribution in [0.1, 0.15) is 0 Å². The minimum absolute atomic E-state index is 0.203. The number of carboxylic acids is 1. The number of rotatable bonds is 3. The van der Waals surface area contributed by atoms with E-state index in [0.29, 0.717) is 10.0 Å². The average molecular weight is 271 g/mol. The maximum atomic E-state index is 10.4. The summed E-state index contributed by atoms with van der Waals surface area (Å²) in [5.74, 6) is -0.875. The standard InChI is InChI=1S/C12H8Cl2O3/c13-9-5-7-3-1-2-4-8(7)11(14)12(9)17-6-10(15)16/h1-5H,6H2,(H,15,16). The van der Waals surface area contributed by atoms with Crippen molar-refractivity contribution < 1.29 is 14.6 Å². The van der Waals surface area contributed by atoms with Gasteiger partial charge in [0.2, 0.25) is 0 Å². The van der Waals surface area contributed by atoms with Gasteiger partial charge in [0.1, 0.15) is 0 Å². The molecule has 0 saturated carbocycles. The Labute approximate surface area is 108 Å². The van der Waals surface area contributed by atoms with Gasteiger partial charge in [0.25, 0.3) is 0 Å². The molecule has 88 valence electrons. The van der Waals surface area contributed by atoms with Crippen LogP contribution in [0, 0.1) is 0 Å². The lowest BCUT2D eigenvalue weighted by atomic mass is 10.1. The Kier molecular flexibility index (Phi) is 3.41. The highest BCUT2D eigenvalue weighted by Crippen LogP contribution is 2.39. The topological polar surface area (TPSA) is 46.5 Å². The number of fused-ring (bicyclic) bond motifs is 1. The fraction of sp³-hybridized carbons (Fsp3) is 0.0833. The molecule has 2 aromatic rings. The van der Waals surface area contributed by atoms with Crippen molar-refractivity contribution in [2.45, 2.75) is 0 Å². The van der Waals surface area contributed by atoms with E-state index in [-0.39, 0.29) is 5.75 Å². The SMILES string of the molecule is O=C(O)COc1c(Cl)cc2ccccc2c1Cl. The van der Waals surface area contributed by atoms with Crippen LogP contribution < -0.4 is 4.74 Å². The molecule has 5 heteroatoms. The van der Waals surface area contributed by atoms with Gasteiger partial charge in [-0.2, -0.15) is 0 Å². The molecular formula is C12H8Cl2O3. The number of hydrogen-bond acceptors (Lipinski definition) is 2. The maximum Gasteiger partial charge on any atom is 0.341 e. The summed E-state index contributed by atoms with van der Waals surface area (Å²) in [4.78, 5) is 10.4. The van der Waals surface area contributed by atoms with E-state index in [9.17, 15) is 4.79 Å². The molecule has 2 aromatic carbocycles. The summed E-state index contributed by atoms with van der Waals surface area (Å²) in [5, 5.41) is 10.8. The molecule has 0 aliphatic carbocycles. The van der Waals surface area contributed by atoms with Crippen molar-refractivity contribution in [2.24, 2.45) is 0 Å². The normalized spacial score (nSPS) is 10.5. The number of carboxylic acid groups (broad SMARTS) is 1. The highest BCUT2D eigenvalue weighted by Gasteiger charge is 2.13. The van der Waals surface area contributed by atoms with Gasteiger partial charge in [-0.05, 0) is 11.5 Å². The molecule has 0 unspecified atom stereocenters. The first-order valence-corrected chi connectivity index (χ1v) is 5.56. The van der Waals surface area contributed by atoms with Gasteiger partial charge in [-0.3, -0.25) is 0 Å². The molecule has 0 saturated heterocycles. The Balaban J connectivity index is 2.51. The van der Waals surface area contributed by atoms with Crippen molar-refractivity contribution in [3.8, 4) is 5.75 Å². The van der Waals surface area contributed by atoms with Gasteiger partial charge in [0.05, 0.1) is 10.0 Å². The number of benzene rings is 2. The monoisotopic (exact) mass is 270 g/mol. The number of hydrogen-bond donors (Lipinski definition) is 1. The lowest BCUT2D eigenvalue weighted by Crippen LogP contribution is -2.10. The summed E-state index contributed by atoms with van der Waals surface area (Å²) in [6, 6.07) is 9.09. The first-order chi connectivity index (χ1) is 8.09. The lowest BCUT2D eigenvalue weighted by Gasteiger charge is -2.10. The highest BCUT2D eigenvalue weighted by atomic mass is 35.5. The zero-order valence-electron chi connectivity index (χ0n) is 8.61. The second-order valence-electron chi connectivity index (χ2n) is 3.41. The van der Waals surface area contributed by atoms with Crippen LogP contribution in [-0.2, 0) is 4.79 Å². The molecular weight excluding hydrogens is 263 g/mol. The molecule has 0 bridgehead atoms. The second kappa shape index (κ2) is 4.82. The molecule has 0 aliphatic heterocycles. The molecule has 0 aliphatic rings. The molecule has 17 heavy (non-hydrogen) atoms. The summed E-state index contributed by atoms with van der Waals surface area (Å²) < 4.78 is 5.07. The van der Waals surface area contributed by atoms with Crippen LogP contribution in [0.3, 0.4) is 0 Å². The van der Waals surface area contributed by atoms with Crippen molar-refractivity contribution in [1.82, 2.24) is 0 Å². The highest BCUT2D eigenvalue weighted by molar-refractivity contribution is 6.41. The molecule has 0 heterocycles. The Morgan fingerprint density at radius 1 is 1.29 bits per heavy atom. The van der Waals surface area contributed by atoms with E-state index >= 15 is 0 Å². The van der Waals surface area contributed by atoms with Crippen LogP contribution in [0.2, 0.25) is 10.0 Å². The van der Waals surface area contributed by atoms with Gasteiger partial charge in [0.15, 0.2) is 12.4 Å². The van der Waals surface area contributed by atoms with E-state index in [0.717, 1.165) is 10.8 Å². The second-order valence-corrected chi connectivity index (χ2v) is 4.19. The summed E-state index contributed by atoms with van der Waals surface area (Å²) in [6.45, 7) is -0.474. The molecule has 0 amide bonds. The minimum atomic E-state index is -1.08. The summed E-state index contributed by atoms with van der Waals surface area (Å²) >= 11 is 12.1. The predicted octanol–water partition coefficient (Wildman–Crippen LogP) is 3.61. The molecule has 0 aromatic heterocycles. The Morgan fingerprint density at radius 3 is 2.71 bits per heavy atom. The summed E-state index contributed by atoms with van der Waals surface area (Å²) in [6.07, 6.45) is 0. The summed E-state index contributed by atoms with van der Waals surface area (Å²) in [7, 11) is 0. The van der Waals surface area contributed by atoms with E-state index in [1.165, 1.54) is 0 Å². The van der Waals surface area contributed by atoms with E-state index in [1.54, 1.807) is 6.07 Å². The fourth-order valence-electron chi connectivity index (χ4n) is 1.52. The number of aliphatic carboxylic acids is 1. The molecule has 0 atom stereocenters. The third-order valence-electron chi connectivity index (χ3n) is 2.24. The van der Waals surface area contributed by atoms with E-state index in [4.69, 9.17) is 33.0 Å². The van der Waals surface area contributed by atoms with Gasteiger partial charge >= 0.3 is 5.97 Å². The Morgan fingerprint density at radius 2 is 2.00 bits per heavy atom. The molecule has 0 radical (unpaired) electrons. The number of carbonyl (C=O) groups is 1. The number of halogens is 2. The predicted molar refractivity (Wildman–Crippen MR) is 67.1 cm³/mol. The van der Waals surface area contributed by atoms with E-state index < -0.39 is 12.6 Å². The van der Waals surface area contributed by atoms with Gasteiger partial charge in [-0.15, -0.1) is 0 Å². The quantitative estimate of drug-likeness (QED) is 0.927. The van der Waals surface area contributed by atoms with Crippen LogP contribution in [-0.4, -0.2) is 17.7 Å². The first kappa shape index (κ1) is 12.0. The fourth-order valence-corrected chi connectivity index (χ4v) is 2.16. The summed E-state index contributed by atoms with van der Waals surface area (Å²) in [5.41, 5.74) is 0. The van der Waals surface area contributed by atoms with Crippen LogP contribution in [0.25, 0.3) is 10.8 Å². The third-order valence-corrected chi connectivity index (χ3v) is 2.89. The van der Waals surface area contributed by atoms with Crippen molar-refractivity contribution in [1.29, 1.82) is 0 Å². The Bertz CT molecular complexity index is 581. The van der Waals surface area contributed by atoms with Gasteiger partial charge < -0.3 is 9.84 Å². The van der Waals surface area contributed by atoms with Crippen molar-refractivity contribution in [3.63, 3.8) is 0 Å². The minimum Gasteiger partial charge on any atom is -0.479 e. The zero-order chi connectivity index (χ0) is 12.4. The molecule has 2 rings (SSSR count). The van der Waals surface area contributed by atoms with Crippen molar-refractivity contribution >= 4 is 39.9 Å². The largest absolute Gasteiger partial charge is 0.479 e. The maximum absolute atomic E-state index is 10.4. The van der Waals surface area contributed by atoms with E-state index in [1.807, 2.05) is 24.3 Å². The molecule has 0 fully saturated rings. The first-order valence-electron chi connectivity index (χ1n) is 4.81.